The number of aryl methyl sites for hydroxylation is 1. The number of rotatable bonds is 3. The molecule has 6 nitrogen and oxygen atoms in total. The normalized spacial score (nSPS) is 14.8. The number of nitriles is 1. The topological polar surface area (TPSA) is 82.4 Å². The Morgan fingerprint density at radius 3 is 2.58 bits per heavy atom. The monoisotopic (exact) mass is 349 g/mol. The molecule has 0 aromatic heterocycles. The Labute approximate surface area is 152 Å². The van der Waals surface area contributed by atoms with Crippen molar-refractivity contribution in [1.82, 2.24) is 0 Å². The number of hydrogen-bond donors (Lipinski definition) is 1. The second-order valence-electron chi connectivity index (χ2n) is 6.66. The van der Waals surface area contributed by atoms with Crippen molar-refractivity contribution in [2.45, 2.75) is 26.4 Å². The van der Waals surface area contributed by atoms with E-state index in [9.17, 15) is 9.59 Å². The minimum atomic E-state index is -1.06. The van der Waals surface area contributed by atoms with Gasteiger partial charge in [0.1, 0.15) is 12.3 Å². The van der Waals surface area contributed by atoms with E-state index < -0.39 is 5.60 Å². The molecule has 6 heteroatoms. The number of carbonyl (C=O) groups is 2. The molecular formula is C20H19N3O3. The lowest BCUT2D eigenvalue weighted by atomic mass is 10.0. The molecule has 0 spiro atoms. The first-order valence-electron chi connectivity index (χ1n) is 8.22. The van der Waals surface area contributed by atoms with Gasteiger partial charge in [-0.2, -0.15) is 5.26 Å². The van der Waals surface area contributed by atoms with E-state index in [4.69, 9.17) is 10.00 Å². The zero-order chi connectivity index (χ0) is 18.9. The summed E-state index contributed by atoms with van der Waals surface area (Å²) in [5.74, 6) is -0.148. The zero-order valence-corrected chi connectivity index (χ0v) is 14.9. The highest BCUT2D eigenvalue weighted by Gasteiger charge is 2.41. The first-order valence-corrected chi connectivity index (χ1v) is 8.22. The summed E-state index contributed by atoms with van der Waals surface area (Å²) < 4.78 is 5.74. The van der Waals surface area contributed by atoms with Crippen LogP contribution in [-0.4, -0.2) is 24.0 Å². The number of ether oxygens (including phenoxy) is 1. The van der Waals surface area contributed by atoms with Crippen molar-refractivity contribution in [3.8, 4) is 11.8 Å². The maximum atomic E-state index is 12.6. The maximum Gasteiger partial charge on any atom is 0.271 e. The fraction of sp³-hybridized carbons (Fsp3) is 0.250. The summed E-state index contributed by atoms with van der Waals surface area (Å²) in [5, 5.41) is 11.9. The van der Waals surface area contributed by atoms with E-state index in [0.29, 0.717) is 22.7 Å². The number of hydrogen-bond acceptors (Lipinski definition) is 4. The van der Waals surface area contributed by atoms with Crippen LogP contribution in [0.1, 0.15) is 29.8 Å². The molecule has 1 N–H and O–H groups in total. The maximum absolute atomic E-state index is 12.6. The average Bonchev–Trinajstić information content (AvgIpc) is 2.60. The van der Waals surface area contributed by atoms with E-state index in [1.165, 1.54) is 4.90 Å². The van der Waals surface area contributed by atoms with Crippen LogP contribution in [0.3, 0.4) is 0 Å². The van der Waals surface area contributed by atoms with Gasteiger partial charge in [-0.25, -0.2) is 0 Å². The molecule has 132 valence electrons. The van der Waals surface area contributed by atoms with Crippen LogP contribution >= 0.6 is 0 Å². The molecule has 1 heterocycles. The number of fused-ring (bicyclic) bond motifs is 1. The Kier molecular flexibility index (Phi) is 4.39. The minimum Gasteiger partial charge on any atom is -0.476 e. The van der Waals surface area contributed by atoms with E-state index in [1.807, 2.05) is 37.3 Å². The van der Waals surface area contributed by atoms with E-state index in [-0.39, 0.29) is 18.4 Å². The fourth-order valence-corrected chi connectivity index (χ4v) is 2.78. The Morgan fingerprint density at radius 1 is 1.23 bits per heavy atom. The van der Waals surface area contributed by atoms with Gasteiger partial charge in [0.05, 0.1) is 11.8 Å². The largest absolute Gasteiger partial charge is 0.476 e. The molecule has 0 bridgehead atoms. The van der Waals surface area contributed by atoms with Crippen molar-refractivity contribution in [3.63, 3.8) is 0 Å². The number of benzene rings is 2. The van der Waals surface area contributed by atoms with Crippen molar-refractivity contribution in [1.29, 1.82) is 5.26 Å². The Morgan fingerprint density at radius 2 is 1.92 bits per heavy atom. The van der Waals surface area contributed by atoms with Crippen LogP contribution in [0.15, 0.2) is 42.5 Å². The molecule has 2 amide bonds. The molecule has 0 atom stereocenters. The summed E-state index contributed by atoms with van der Waals surface area (Å²) >= 11 is 0. The zero-order valence-electron chi connectivity index (χ0n) is 14.9. The van der Waals surface area contributed by atoms with Crippen molar-refractivity contribution in [3.05, 3.63) is 53.6 Å². The molecule has 0 unspecified atom stereocenters. The van der Waals surface area contributed by atoms with Crippen LogP contribution in [0.5, 0.6) is 5.75 Å². The van der Waals surface area contributed by atoms with Crippen LogP contribution in [0.25, 0.3) is 0 Å². The molecule has 0 radical (unpaired) electrons. The third-order valence-corrected chi connectivity index (χ3v) is 4.18. The van der Waals surface area contributed by atoms with Crippen molar-refractivity contribution >= 4 is 23.2 Å². The molecule has 1 aliphatic heterocycles. The van der Waals surface area contributed by atoms with Crippen LogP contribution in [0.2, 0.25) is 0 Å². The number of nitrogens with zero attached hydrogens (tertiary/aromatic N) is 2. The standard InChI is InChI=1S/C20H19N3O3/c1-13-4-7-15(8-5-13)22-18(24)14-6-9-17-16(12-14)23(11-10-21)19(25)20(2,3)26-17/h4-9,12H,11H2,1-3H3,(H,22,24). The lowest BCUT2D eigenvalue weighted by molar-refractivity contribution is -0.132. The Balaban J connectivity index is 1.92. The molecule has 2 aromatic carbocycles. The van der Waals surface area contributed by atoms with Crippen molar-refractivity contribution in [2.75, 3.05) is 16.8 Å². The molecule has 0 saturated carbocycles. The van der Waals surface area contributed by atoms with Gasteiger partial charge in [-0.05, 0) is 51.1 Å². The van der Waals surface area contributed by atoms with Gasteiger partial charge in [-0.3, -0.25) is 14.5 Å². The lowest BCUT2D eigenvalue weighted by Crippen LogP contribution is -2.52. The van der Waals surface area contributed by atoms with Gasteiger partial charge >= 0.3 is 0 Å². The highest BCUT2D eigenvalue weighted by Crippen LogP contribution is 2.38. The molecule has 0 saturated heterocycles. The summed E-state index contributed by atoms with van der Waals surface area (Å²) in [6.45, 7) is 5.17. The summed E-state index contributed by atoms with van der Waals surface area (Å²) in [7, 11) is 0. The predicted octanol–water partition coefficient (Wildman–Crippen LogP) is 3.27. The second kappa shape index (κ2) is 6.52. The van der Waals surface area contributed by atoms with Gasteiger partial charge in [-0.1, -0.05) is 17.7 Å². The lowest BCUT2D eigenvalue weighted by Gasteiger charge is -2.37. The Bertz CT molecular complexity index is 911. The van der Waals surface area contributed by atoms with Gasteiger partial charge in [0.15, 0.2) is 5.60 Å². The molecule has 26 heavy (non-hydrogen) atoms. The average molecular weight is 349 g/mol. The number of carbonyl (C=O) groups excluding carboxylic acids is 2. The number of nitrogens with one attached hydrogen (secondary N) is 1. The van der Waals surface area contributed by atoms with Crippen LogP contribution in [-0.2, 0) is 4.79 Å². The summed E-state index contributed by atoms with van der Waals surface area (Å²) in [4.78, 5) is 26.4. The molecular weight excluding hydrogens is 330 g/mol. The predicted molar refractivity (Wildman–Crippen MR) is 98.2 cm³/mol. The number of anilines is 2. The van der Waals surface area contributed by atoms with Gasteiger partial charge < -0.3 is 10.1 Å². The first kappa shape index (κ1) is 17.5. The van der Waals surface area contributed by atoms with Gasteiger partial charge in [0.2, 0.25) is 0 Å². The van der Waals surface area contributed by atoms with E-state index >= 15 is 0 Å². The summed E-state index contributed by atoms with van der Waals surface area (Å²) in [6.07, 6.45) is 0. The van der Waals surface area contributed by atoms with Gasteiger partial charge in [0, 0.05) is 11.3 Å². The quantitative estimate of drug-likeness (QED) is 0.862. The van der Waals surface area contributed by atoms with Crippen LogP contribution in [0.4, 0.5) is 11.4 Å². The number of amides is 2. The minimum absolute atomic E-state index is 0.109. The van der Waals surface area contributed by atoms with E-state index in [0.717, 1.165) is 5.56 Å². The molecule has 2 aromatic rings. The SMILES string of the molecule is Cc1ccc(NC(=O)c2ccc3c(c2)N(CC#N)C(=O)C(C)(C)O3)cc1. The Hall–Kier alpha value is -3.33. The third-order valence-electron chi connectivity index (χ3n) is 4.18. The summed E-state index contributed by atoms with van der Waals surface area (Å²) in [5.41, 5.74) is 1.52. The molecule has 0 aliphatic carbocycles. The molecule has 3 rings (SSSR count). The highest BCUT2D eigenvalue weighted by atomic mass is 16.5. The van der Waals surface area contributed by atoms with Crippen molar-refractivity contribution < 1.29 is 14.3 Å². The smallest absolute Gasteiger partial charge is 0.271 e. The third kappa shape index (κ3) is 3.24. The molecule has 1 aliphatic rings. The summed E-state index contributed by atoms with van der Waals surface area (Å²) in [6, 6.07) is 14.3. The highest BCUT2D eigenvalue weighted by molar-refractivity contribution is 6.07. The van der Waals surface area contributed by atoms with Crippen molar-refractivity contribution in [2.24, 2.45) is 0 Å². The van der Waals surface area contributed by atoms with Crippen LogP contribution in [0, 0.1) is 18.3 Å². The van der Waals surface area contributed by atoms with E-state index in [2.05, 4.69) is 5.32 Å². The van der Waals surface area contributed by atoms with E-state index in [1.54, 1.807) is 32.0 Å². The van der Waals surface area contributed by atoms with Crippen LogP contribution < -0.4 is 15.0 Å². The second-order valence-corrected chi connectivity index (χ2v) is 6.66. The molecule has 0 fully saturated rings. The van der Waals surface area contributed by atoms with Gasteiger partial charge in [-0.15, -0.1) is 0 Å². The first-order chi connectivity index (χ1) is 12.3. The van der Waals surface area contributed by atoms with Gasteiger partial charge in [0.25, 0.3) is 11.8 Å². The fourth-order valence-electron chi connectivity index (χ4n) is 2.78.